The van der Waals surface area contributed by atoms with Crippen LogP contribution in [0.25, 0.3) is 54.9 Å². The Balaban J connectivity index is 1.17. The third-order valence-electron chi connectivity index (χ3n) is 11.7. The van der Waals surface area contributed by atoms with Gasteiger partial charge in [-0.2, -0.15) is 0 Å². The van der Waals surface area contributed by atoms with E-state index in [0.717, 1.165) is 17.1 Å². The Labute approximate surface area is 348 Å². The highest BCUT2D eigenvalue weighted by Crippen LogP contribution is 2.43. The lowest BCUT2D eigenvalue weighted by atomic mass is 9.96. The van der Waals surface area contributed by atoms with E-state index in [9.17, 15) is 0 Å². The third kappa shape index (κ3) is 7.16. The highest BCUT2D eigenvalue weighted by Gasteiger charge is 2.26. The van der Waals surface area contributed by atoms with Gasteiger partial charge in [0.05, 0.1) is 5.69 Å². The van der Waals surface area contributed by atoms with Gasteiger partial charge in [0, 0.05) is 16.9 Å². The third-order valence-corrected chi connectivity index (χ3v) is 14.9. The molecule has 0 aliphatic heterocycles. The average Bonchev–Trinajstić information content (AvgIpc) is 3.30. The molecule has 0 aliphatic rings. The minimum atomic E-state index is -2.06. The van der Waals surface area contributed by atoms with Crippen LogP contribution in [0.2, 0.25) is 0 Å². The monoisotopic (exact) mass is 769 g/mol. The molecule has 0 amide bonds. The minimum Gasteiger partial charge on any atom is -0.310 e. The second kappa shape index (κ2) is 15.9. The van der Waals surface area contributed by atoms with E-state index in [1.165, 1.54) is 76.0 Å². The molecule has 0 aliphatic carbocycles. The van der Waals surface area contributed by atoms with Crippen LogP contribution >= 0.6 is 0 Å². The Kier molecular flexibility index (Phi) is 9.75. The molecule has 2 heteroatoms. The molecule has 0 saturated carbocycles. The Bertz CT molecular complexity index is 2880. The van der Waals surface area contributed by atoms with E-state index in [0.29, 0.717) is 0 Å². The lowest BCUT2D eigenvalue weighted by Crippen LogP contribution is -2.52. The van der Waals surface area contributed by atoms with Gasteiger partial charge in [0.2, 0.25) is 0 Å². The quantitative estimate of drug-likeness (QED) is 0.104. The number of anilines is 3. The van der Waals surface area contributed by atoms with Crippen molar-refractivity contribution in [2.24, 2.45) is 0 Å². The molecular formula is C57H43NSi. The molecule has 1 nitrogen and oxygen atoms in total. The van der Waals surface area contributed by atoms with E-state index in [1.54, 1.807) is 0 Å². The number of benzene rings is 10. The van der Waals surface area contributed by atoms with E-state index >= 15 is 0 Å². The molecule has 10 aromatic rings. The molecule has 10 rings (SSSR count). The van der Waals surface area contributed by atoms with Crippen LogP contribution in [0.4, 0.5) is 17.1 Å². The summed E-state index contributed by atoms with van der Waals surface area (Å²) in [7, 11) is -2.06. The number of nitrogens with zero attached hydrogens (tertiary/aromatic N) is 1. The van der Waals surface area contributed by atoms with Crippen molar-refractivity contribution in [3.8, 4) is 33.4 Å². The average molecular weight is 770 g/mol. The molecule has 0 radical (unpaired) electrons. The van der Waals surface area contributed by atoms with Crippen molar-refractivity contribution >= 4 is 63.0 Å². The van der Waals surface area contributed by atoms with Gasteiger partial charge in [-0.3, -0.25) is 0 Å². The number of hydrogen-bond acceptors (Lipinski definition) is 1. The van der Waals surface area contributed by atoms with Gasteiger partial charge in [-0.25, -0.2) is 0 Å². The zero-order valence-electron chi connectivity index (χ0n) is 33.0. The minimum absolute atomic E-state index is 1.11. The lowest BCUT2D eigenvalue weighted by Gasteiger charge is -2.30. The van der Waals surface area contributed by atoms with E-state index in [4.69, 9.17) is 0 Å². The highest BCUT2D eigenvalue weighted by molar-refractivity contribution is 6.96. The van der Waals surface area contributed by atoms with E-state index in [-0.39, 0.29) is 0 Å². The van der Waals surface area contributed by atoms with Gasteiger partial charge in [0.1, 0.15) is 8.80 Å². The predicted molar refractivity (Wildman–Crippen MR) is 256 cm³/mol. The Hall–Kier alpha value is -7.26. The molecule has 59 heavy (non-hydrogen) atoms. The van der Waals surface area contributed by atoms with Crippen molar-refractivity contribution < 1.29 is 0 Å². The molecular weight excluding hydrogens is 727 g/mol. The van der Waals surface area contributed by atoms with Crippen LogP contribution in [0.15, 0.2) is 237 Å². The van der Waals surface area contributed by atoms with Crippen molar-refractivity contribution in [1.82, 2.24) is 0 Å². The summed E-state index contributed by atoms with van der Waals surface area (Å²) >= 11 is 0. The van der Waals surface area contributed by atoms with Crippen LogP contribution in [0.5, 0.6) is 0 Å². The van der Waals surface area contributed by atoms with Crippen LogP contribution in [0.3, 0.4) is 0 Å². The second-order valence-corrected chi connectivity index (χ2v) is 18.2. The summed E-state index contributed by atoms with van der Waals surface area (Å²) in [4.78, 5) is 2.45. The van der Waals surface area contributed by atoms with Gasteiger partial charge in [0.25, 0.3) is 0 Å². The molecule has 10 aromatic carbocycles. The number of rotatable bonds is 9. The zero-order chi connectivity index (χ0) is 39.5. The van der Waals surface area contributed by atoms with Crippen LogP contribution in [0.1, 0.15) is 5.56 Å². The van der Waals surface area contributed by atoms with Crippen molar-refractivity contribution in [2.75, 3.05) is 4.90 Å². The summed E-state index contributed by atoms with van der Waals surface area (Å²) in [6.45, 7) is 2.27. The highest BCUT2D eigenvalue weighted by atomic mass is 28.3. The first-order chi connectivity index (χ1) is 29.2. The number of aryl methyl sites for hydroxylation is 1. The summed E-state index contributed by atoms with van der Waals surface area (Å²) in [5.74, 6) is 0. The summed E-state index contributed by atoms with van der Waals surface area (Å²) in [5.41, 5.74) is 12.0. The topological polar surface area (TPSA) is 3.24 Å². The second-order valence-electron chi connectivity index (χ2n) is 15.4. The molecule has 0 N–H and O–H groups in total. The predicted octanol–water partition coefficient (Wildman–Crippen LogP) is 13.0. The lowest BCUT2D eigenvalue weighted by molar-refractivity contribution is 1.27. The maximum Gasteiger partial charge on any atom is 0.133 e. The number of hydrogen-bond donors (Lipinski definition) is 0. The summed E-state index contributed by atoms with van der Waals surface area (Å²) < 4.78 is 0. The Morgan fingerprint density at radius 1 is 0.339 bits per heavy atom. The fraction of sp³-hybridized carbons (Fsp3) is 0.0175. The van der Waals surface area contributed by atoms with Crippen LogP contribution in [-0.2, 0) is 0 Å². The van der Waals surface area contributed by atoms with Crippen molar-refractivity contribution in [1.29, 1.82) is 0 Å². The molecule has 0 bridgehead atoms. The van der Waals surface area contributed by atoms with Gasteiger partial charge >= 0.3 is 0 Å². The summed E-state index contributed by atoms with van der Waals surface area (Å²) in [6, 6.07) is 87.2. The van der Waals surface area contributed by atoms with Crippen molar-refractivity contribution in [2.45, 2.75) is 6.92 Å². The molecule has 0 spiro atoms. The van der Waals surface area contributed by atoms with Crippen LogP contribution < -0.4 is 20.5 Å². The first kappa shape index (κ1) is 36.1. The zero-order valence-corrected chi connectivity index (χ0v) is 34.2. The van der Waals surface area contributed by atoms with Gasteiger partial charge in [-0.1, -0.05) is 217 Å². The molecule has 0 heterocycles. The summed E-state index contributed by atoms with van der Waals surface area (Å²) in [6.07, 6.45) is 0. The Morgan fingerprint density at radius 3 is 1.31 bits per heavy atom. The van der Waals surface area contributed by atoms with E-state index < -0.39 is 8.80 Å². The fourth-order valence-electron chi connectivity index (χ4n) is 8.79. The fourth-order valence-corrected chi connectivity index (χ4v) is 12.0. The summed E-state index contributed by atoms with van der Waals surface area (Å²) in [5, 5.41) is 9.32. The van der Waals surface area contributed by atoms with Gasteiger partial charge in [-0.05, 0) is 97.4 Å². The maximum atomic E-state index is 2.45. The van der Waals surface area contributed by atoms with E-state index in [1.807, 2.05) is 0 Å². The molecule has 280 valence electrons. The smallest absolute Gasteiger partial charge is 0.133 e. The first-order valence-corrected chi connectivity index (χ1v) is 22.2. The number of fused-ring (bicyclic) bond motifs is 2. The molecule has 0 saturated heterocycles. The normalized spacial score (nSPS) is 11.3. The molecule has 0 unspecified atom stereocenters. The molecule has 0 fully saturated rings. The maximum absolute atomic E-state index is 2.45. The van der Waals surface area contributed by atoms with Crippen molar-refractivity contribution in [3.05, 3.63) is 242 Å². The Morgan fingerprint density at radius 2 is 0.780 bits per heavy atom. The van der Waals surface area contributed by atoms with Crippen LogP contribution in [-0.4, -0.2) is 8.80 Å². The van der Waals surface area contributed by atoms with Crippen LogP contribution in [0, 0.1) is 6.92 Å². The molecule has 0 atom stereocenters. The standard InChI is InChI=1S/C57H43NSi/c1-41-15-14-25-55(58(50-33-27-46(28-34-50)42-16-4-2-5-17-42)51-35-29-47(30-36-51)43-18-6-3-7-19-43)57(41)54-24-12-13-26-56(54)59(52-37-31-44-20-8-10-22-48(44)39-52)53-38-32-45-21-9-11-23-49(45)40-53/h2-40,59H,1H3. The van der Waals surface area contributed by atoms with Gasteiger partial charge in [0.15, 0.2) is 0 Å². The van der Waals surface area contributed by atoms with Crippen molar-refractivity contribution in [3.63, 3.8) is 0 Å². The first-order valence-electron chi connectivity index (χ1n) is 20.5. The van der Waals surface area contributed by atoms with Gasteiger partial charge < -0.3 is 4.90 Å². The largest absolute Gasteiger partial charge is 0.310 e. The van der Waals surface area contributed by atoms with Gasteiger partial charge in [-0.15, -0.1) is 0 Å². The molecule has 0 aromatic heterocycles. The van der Waals surface area contributed by atoms with E-state index in [2.05, 4.69) is 248 Å². The SMILES string of the molecule is Cc1cccc(N(c2ccc(-c3ccccc3)cc2)c2ccc(-c3ccccc3)cc2)c1-c1ccccc1[SiH](c1ccc2ccccc2c1)c1ccc2ccccc2c1.